The Bertz CT molecular complexity index is 1770. The summed E-state index contributed by atoms with van der Waals surface area (Å²) in [6, 6.07) is 0. The Morgan fingerprint density at radius 2 is 0.560 bits per heavy atom. The van der Waals surface area contributed by atoms with E-state index >= 15 is 0 Å². The number of phosphoric acid groups is 2. The molecule has 0 amide bonds. The molecule has 0 aromatic rings. The lowest BCUT2D eigenvalue weighted by atomic mass is 10.00. The van der Waals surface area contributed by atoms with Gasteiger partial charge in [0.05, 0.1) is 26.4 Å². The van der Waals surface area contributed by atoms with Gasteiger partial charge in [-0.3, -0.25) is 37.3 Å². The Balaban J connectivity index is 5.21. The molecule has 19 heteroatoms. The topological polar surface area (TPSA) is 237 Å². The summed E-state index contributed by atoms with van der Waals surface area (Å²) < 4.78 is 68.3. The number of aliphatic hydroxyl groups excluding tert-OH is 1. The van der Waals surface area contributed by atoms with Gasteiger partial charge >= 0.3 is 39.5 Å². The highest BCUT2D eigenvalue weighted by Crippen LogP contribution is 2.45. The van der Waals surface area contributed by atoms with Gasteiger partial charge in [-0.25, -0.2) is 9.13 Å². The molecule has 0 aliphatic heterocycles. The Hall–Kier alpha value is -1.94. The molecule has 0 fully saturated rings. The van der Waals surface area contributed by atoms with Crippen molar-refractivity contribution in [3.05, 3.63) is 0 Å². The first-order valence-corrected chi connectivity index (χ1v) is 40.5. The molecule has 0 aromatic heterocycles. The number of ether oxygens (including phenoxy) is 4. The van der Waals surface area contributed by atoms with E-state index in [1.54, 1.807) is 0 Å². The number of esters is 4. The van der Waals surface area contributed by atoms with Crippen LogP contribution in [0.25, 0.3) is 0 Å². The van der Waals surface area contributed by atoms with Crippen LogP contribution in [0.1, 0.15) is 369 Å². The highest BCUT2D eigenvalue weighted by Gasteiger charge is 2.30. The maximum Gasteiger partial charge on any atom is 0.472 e. The second kappa shape index (κ2) is 64.1. The number of aliphatic hydroxyl groups is 1. The molecule has 0 saturated heterocycles. The van der Waals surface area contributed by atoms with Crippen LogP contribution in [0.15, 0.2) is 0 Å². The van der Waals surface area contributed by atoms with Crippen molar-refractivity contribution in [3.63, 3.8) is 0 Å². The minimum absolute atomic E-state index is 0.103. The fraction of sp³-hybridized carbons (Fsp3) is 0.944. The van der Waals surface area contributed by atoms with Crippen LogP contribution in [-0.2, 0) is 65.4 Å². The van der Waals surface area contributed by atoms with Gasteiger partial charge in [0.25, 0.3) is 0 Å². The average Bonchev–Trinajstić information content (AvgIpc) is 3.20. The van der Waals surface area contributed by atoms with Crippen LogP contribution < -0.4 is 0 Å². The van der Waals surface area contributed by atoms with Gasteiger partial charge in [0.2, 0.25) is 0 Å². The Labute approximate surface area is 556 Å². The van der Waals surface area contributed by atoms with Crippen LogP contribution in [0.4, 0.5) is 0 Å². The van der Waals surface area contributed by atoms with Crippen molar-refractivity contribution in [2.45, 2.75) is 387 Å². The zero-order valence-electron chi connectivity index (χ0n) is 59.1. The summed E-state index contributed by atoms with van der Waals surface area (Å²) in [4.78, 5) is 72.5. The van der Waals surface area contributed by atoms with E-state index in [4.69, 9.17) is 37.0 Å². The molecule has 6 atom stereocenters. The molecule has 0 bridgehead atoms. The lowest BCUT2D eigenvalue weighted by Gasteiger charge is -2.21. The summed E-state index contributed by atoms with van der Waals surface area (Å²) in [5, 5.41) is 10.6. The van der Waals surface area contributed by atoms with E-state index in [9.17, 15) is 43.2 Å². The number of phosphoric ester groups is 2. The van der Waals surface area contributed by atoms with E-state index in [0.29, 0.717) is 25.7 Å². The van der Waals surface area contributed by atoms with Crippen molar-refractivity contribution >= 4 is 39.5 Å². The van der Waals surface area contributed by atoms with Crippen molar-refractivity contribution in [3.8, 4) is 0 Å². The summed E-state index contributed by atoms with van der Waals surface area (Å²) in [5.41, 5.74) is 0. The van der Waals surface area contributed by atoms with Gasteiger partial charge in [-0.1, -0.05) is 318 Å². The molecule has 17 nitrogen and oxygen atoms in total. The standard InChI is InChI=1S/C72H140O17P2/c1-7-10-12-14-16-18-19-20-21-22-23-26-30-33-37-44-50-56-71(76)88-67(60-83-70(75)55-49-43-36-32-29-27-24-25-28-31-34-40-46-52-64(4)5)62-86-90(78,79)84-58-66(73)59-85-91(80,81)87-63-68(61-82-69(74)54-48-42-35-17-15-13-11-8-2)89-72(77)57-51-45-39-38-41-47-53-65(6)9-3/h64-68,73H,7-63H2,1-6H3,(H,78,79)(H,80,81)/t65?,66-,67-,68-/m1/s1. The molecule has 0 heterocycles. The second-order valence-corrected chi connectivity index (χ2v) is 29.6. The van der Waals surface area contributed by atoms with Gasteiger partial charge in [0.15, 0.2) is 12.2 Å². The predicted molar refractivity (Wildman–Crippen MR) is 368 cm³/mol. The SMILES string of the molecule is CCCCCCCCCCCCCCCCCCCC(=O)O[C@H](COC(=O)CCCCCCCCCCCCCCCC(C)C)COP(=O)(O)OC[C@@H](O)COP(=O)(O)OC[C@@H](COC(=O)CCCCCCCCCC)OC(=O)CCCCCCCCC(C)CC. The van der Waals surface area contributed by atoms with Gasteiger partial charge in [0, 0.05) is 25.7 Å². The third kappa shape index (κ3) is 65.1. The molecule has 3 N–H and O–H groups in total. The lowest BCUT2D eigenvalue weighted by molar-refractivity contribution is -0.161. The minimum Gasteiger partial charge on any atom is -0.462 e. The van der Waals surface area contributed by atoms with Crippen LogP contribution in [0, 0.1) is 11.8 Å². The van der Waals surface area contributed by atoms with Crippen molar-refractivity contribution in [2.24, 2.45) is 11.8 Å². The van der Waals surface area contributed by atoms with Gasteiger partial charge in [-0.05, 0) is 37.5 Å². The quantitative estimate of drug-likeness (QED) is 0.0222. The lowest BCUT2D eigenvalue weighted by Crippen LogP contribution is -2.30. The highest BCUT2D eigenvalue weighted by atomic mass is 31.2. The molecule has 0 saturated carbocycles. The highest BCUT2D eigenvalue weighted by molar-refractivity contribution is 7.47. The summed E-state index contributed by atoms with van der Waals surface area (Å²) in [5.74, 6) is -0.614. The molecular weight excluding hydrogens is 1200 g/mol. The third-order valence-corrected chi connectivity index (χ3v) is 19.0. The first-order chi connectivity index (χ1) is 43.9. The van der Waals surface area contributed by atoms with Crippen LogP contribution in [0.3, 0.4) is 0 Å². The van der Waals surface area contributed by atoms with E-state index in [1.165, 1.54) is 180 Å². The van der Waals surface area contributed by atoms with E-state index in [2.05, 4.69) is 41.5 Å². The number of hydrogen-bond acceptors (Lipinski definition) is 15. The largest absolute Gasteiger partial charge is 0.472 e. The fourth-order valence-electron chi connectivity index (χ4n) is 10.9. The van der Waals surface area contributed by atoms with Gasteiger partial charge < -0.3 is 33.8 Å². The van der Waals surface area contributed by atoms with E-state index in [1.807, 2.05) is 0 Å². The number of rotatable bonds is 71. The van der Waals surface area contributed by atoms with Gasteiger partial charge in [-0.15, -0.1) is 0 Å². The summed E-state index contributed by atoms with van der Waals surface area (Å²) >= 11 is 0. The maximum absolute atomic E-state index is 13.0. The zero-order valence-corrected chi connectivity index (χ0v) is 60.9. The van der Waals surface area contributed by atoms with Crippen LogP contribution in [0.2, 0.25) is 0 Å². The number of carbonyl (C=O) groups excluding carboxylic acids is 4. The zero-order chi connectivity index (χ0) is 67.2. The van der Waals surface area contributed by atoms with Crippen molar-refractivity contribution in [1.82, 2.24) is 0 Å². The summed E-state index contributed by atoms with van der Waals surface area (Å²) in [7, 11) is -9.90. The molecule has 0 aliphatic rings. The molecule has 0 rings (SSSR count). The molecule has 3 unspecified atom stereocenters. The van der Waals surface area contributed by atoms with Crippen LogP contribution >= 0.6 is 15.6 Å². The first kappa shape index (κ1) is 89.1. The first-order valence-electron chi connectivity index (χ1n) is 37.5. The van der Waals surface area contributed by atoms with Crippen LogP contribution in [-0.4, -0.2) is 96.7 Å². The number of hydrogen-bond donors (Lipinski definition) is 3. The van der Waals surface area contributed by atoms with Crippen LogP contribution in [0.5, 0.6) is 0 Å². The molecule has 0 spiro atoms. The smallest absolute Gasteiger partial charge is 0.462 e. The van der Waals surface area contributed by atoms with Gasteiger partial charge in [0.1, 0.15) is 19.3 Å². The van der Waals surface area contributed by atoms with Crippen molar-refractivity contribution in [2.75, 3.05) is 39.6 Å². The second-order valence-electron chi connectivity index (χ2n) is 26.7. The predicted octanol–water partition coefficient (Wildman–Crippen LogP) is 20.8. The third-order valence-electron chi connectivity index (χ3n) is 17.1. The monoisotopic (exact) mass is 1340 g/mol. The van der Waals surface area contributed by atoms with Crippen molar-refractivity contribution < 1.29 is 80.2 Å². The van der Waals surface area contributed by atoms with Gasteiger partial charge in [-0.2, -0.15) is 0 Å². The van der Waals surface area contributed by atoms with E-state index in [-0.39, 0.29) is 25.7 Å². The van der Waals surface area contributed by atoms with Crippen molar-refractivity contribution in [1.29, 1.82) is 0 Å². The number of carbonyl (C=O) groups is 4. The molecule has 0 radical (unpaired) electrons. The Morgan fingerprint density at radius 1 is 0.319 bits per heavy atom. The fourth-order valence-corrected chi connectivity index (χ4v) is 12.5. The average molecular weight is 1340 g/mol. The Morgan fingerprint density at radius 3 is 0.835 bits per heavy atom. The normalized spacial score (nSPS) is 14.4. The molecule has 0 aliphatic carbocycles. The molecule has 91 heavy (non-hydrogen) atoms. The van der Waals surface area contributed by atoms with E-state index in [0.717, 1.165) is 108 Å². The van der Waals surface area contributed by atoms with E-state index < -0.39 is 97.5 Å². The number of unbranched alkanes of at least 4 members (excludes halogenated alkanes) is 40. The maximum atomic E-state index is 13.0. The summed E-state index contributed by atoms with van der Waals surface area (Å²) in [6.07, 6.45) is 50.1. The Kier molecular flexibility index (Phi) is 62.7. The molecular formula is C72H140O17P2. The molecule has 540 valence electrons. The molecule has 0 aromatic carbocycles. The minimum atomic E-state index is -4.95. The summed E-state index contributed by atoms with van der Waals surface area (Å²) in [6.45, 7) is 9.51.